The number of phenolic OH excluding ortho intramolecular Hbond substituents is 1. The van der Waals surface area contributed by atoms with Crippen LogP contribution in [0.3, 0.4) is 0 Å². The smallest absolute Gasteiger partial charge is 0.134 e. The average molecular weight is 411 g/mol. The standard InChI is InChI=1S/C12H15BrClFN2O.2ClH/c13-10-6-8(14)5-9(12(10)18)11(7-15)17-3-1-16-2-4-17;;/h5-6,11,16,18H,1-4,7H2;2*1H/t11-;;/m1../s1. The molecule has 1 saturated heterocycles. The van der Waals surface area contributed by atoms with Gasteiger partial charge in [-0.05, 0) is 28.1 Å². The maximum atomic E-state index is 13.3. The Morgan fingerprint density at radius 1 is 1.35 bits per heavy atom. The van der Waals surface area contributed by atoms with E-state index in [0.717, 1.165) is 26.2 Å². The van der Waals surface area contributed by atoms with Gasteiger partial charge in [0, 0.05) is 36.8 Å². The first kappa shape index (κ1) is 20.2. The van der Waals surface area contributed by atoms with E-state index < -0.39 is 12.7 Å². The number of nitrogens with one attached hydrogen (secondary N) is 1. The Balaban J connectivity index is 0.00000180. The molecule has 0 aliphatic carbocycles. The second-order valence-electron chi connectivity index (χ2n) is 4.28. The molecular formula is C12H17BrCl3FN2O. The number of rotatable bonds is 3. The zero-order valence-corrected chi connectivity index (χ0v) is 14.6. The Morgan fingerprint density at radius 2 is 1.95 bits per heavy atom. The van der Waals surface area contributed by atoms with Gasteiger partial charge in [0.25, 0.3) is 0 Å². The summed E-state index contributed by atoms with van der Waals surface area (Å²) >= 11 is 9.20. The van der Waals surface area contributed by atoms with Crippen LogP contribution in [0.15, 0.2) is 16.6 Å². The second-order valence-corrected chi connectivity index (χ2v) is 5.57. The van der Waals surface area contributed by atoms with E-state index >= 15 is 0 Å². The van der Waals surface area contributed by atoms with Crippen molar-refractivity contribution in [2.75, 3.05) is 32.9 Å². The maximum absolute atomic E-state index is 13.3. The SMILES string of the molecule is Cl.Cl.Oc1c(Br)cc(Cl)cc1[C@@H](CF)N1CCNCC1. The number of hydrogen-bond acceptors (Lipinski definition) is 3. The number of halogens is 5. The van der Waals surface area contributed by atoms with E-state index in [9.17, 15) is 9.50 Å². The van der Waals surface area contributed by atoms with Crippen LogP contribution in [-0.2, 0) is 0 Å². The zero-order chi connectivity index (χ0) is 13.1. The third-order valence-electron chi connectivity index (χ3n) is 3.16. The van der Waals surface area contributed by atoms with Gasteiger partial charge in [0.1, 0.15) is 12.4 Å². The molecule has 116 valence electrons. The van der Waals surface area contributed by atoms with Gasteiger partial charge < -0.3 is 10.4 Å². The number of phenols is 1. The number of hydrogen-bond donors (Lipinski definition) is 2. The van der Waals surface area contributed by atoms with Crippen LogP contribution in [0.5, 0.6) is 5.75 Å². The Bertz CT molecular complexity index is 433. The fraction of sp³-hybridized carbons (Fsp3) is 0.500. The van der Waals surface area contributed by atoms with Crippen LogP contribution in [0.4, 0.5) is 4.39 Å². The molecule has 20 heavy (non-hydrogen) atoms. The molecule has 0 unspecified atom stereocenters. The van der Waals surface area contributed by atoms with Crippen molar-refractivity contribution in [2.45, 2.75) is 6.04 Å². The summed E-state index contributed by atoms with van der Waals surface area (Å²) in [5.41, 5.74) is 0.541. The maximum Gasteiger partial charge on any atom is 0.134 e. The van der Waals surface area contributed by atoms with Crippen molar-refractivity contribution in [1.82, 2.24) is 10.2 Å². The van der Waals surface area contributed by atoms with Gasteiger partial charge in [-0.25, -0.2) is 4.39 Å². The van der Waals surface area contributed by atoms with Crippen molar-refractivity contribution >= 4 is 52.3 Å². The molecule has 1 aromatic carbocycles. The zero-order valence-electron chi connectivity index (χ0n) is 10.6. The van der Waals surface area contributed by atoms with E-state index in [0.29, 0.717) is 15.1 Å². The molecule has 0 bridgehead atoms. The van der Waals surface area contributed by atoms with E-state index in [4.69, 9.17) is 11.6 Å². The Morgan fingerprint density at radius 3 is 2.50 bits per heavy atom. The lowest BCUT2D eigenvalue weighted by Crippen LogP contribution is -2.45. The molecule has 1 aromatic rings. The molecule has 1 aliphatic rings. The van der Waals surface area contributed by atoms with Crippen molar-refractivity contribution < 1.29 is 9.50 Å². The fourth-order valence-corrected chi connectivity index (χ4v) is 3.05. The summed E-state index contributed by atoms with van der Waals surface area (Å²) in [6.45, 7) is 2.65. The quantitative estimate of drug-likeness (QED) is 0.800. The van der Waals surface area contributed by atoms with Crippen molar-refractivity contribution in [3.8, 4) is 5.75 Å². The molecule has 8 heteroatoms. The number of piperazine rings is 1. The van der Waals surface area contributed by atoms with Crippen molar-refractivity contribution in [1.29, 1.82) is 0 Å². The summed E-state index contributed by atoms with van der Waals surface area (Å²) in [6, 6.07) is 2.79. The highest BCUT2D eigenvalue weighted by Crippen LogP contribution is 2.37. The van der Waals surface area contributed by atoms with Crippen molar-refractivity contribution in [2.24, 2.45) is 0 Å². The van der Waals surface area contributed by atoms with Crippen LogP contribution >= 0.6 is 52.3 Å². The molecule has 1 atom stereocenters. The van der Waals surface area contributed by atoms with Crippen LogP contribution in [-0.4, -0.2) is 42.9 Å². The molecule has 2 rings (SSSR count). The van der Waals surface area contributed by atoms with Gasteiger partial charge >= 0.3 is 0 Å². The highest BCUT2D eigenvalue weighted by molar-refractivity contribution is 9.10. The normalized spacial score (nSPS) is 16.9. The molecule has 3 nitrogen and oxygen atoms in total. The lowest BCUT2D eigenvalue weighted by atomic mass is 10.0. The third-order valence-corrected chi connectivity index (χ3v) is 3.98. The summed E-state index contributed by atoms with van der Waals surface area (Å²) in [7, 11) is 0. The van der Waals surface area contributed by atoms with E-state index in [2.05, 4.69) is 21.2 Å². The summed E-state index contributed by atoms with van der Waals surface area (Å²) in [4.78, 5) is 2.02. The van der Waals surface area contributed by atoms with E-state index in [1.807, 2.05) is 4.90 Å². The molecule has 1 aliphatic heterocycles. The van der Waals surface area contributed by atoms with Crippen LogP contribution in [0.1, 0.15) is 11.6 Å². The van der Waals surface area contributed by atoms with Gasteiger partial charge in [-0.1, -0.05) is 11.6 Å². The van der Waals surface area contributed by atoms with Gasteiger partial charge in [-0.3, -0.25) is 4.90 Å². The largest absolute Gasteiger partial charge is 0.506 e. The average Bonchev–Trinajstić information content (AvgIpc) is 2.37. The first-order valence-corrected chi connectivity index (χ1v) is 6.99. The van der Waals surface area contributed by atoms with Crippen LogP contribution in [0.2, 0.25) is 5.02 Å². The van der Waals surface area contributed by atoms with Crippen LogP contribution in [0, 0.1) is 0 Å². The minimum Gasteiger partial charge on any atom is -0.506 e. The third kappa shape index (κ3) is 4.61. The number of nitrogens with zero attached hydrogens (tertiary/aromatic N) is 1. The van der Waals surface area contributed by atoms with Gasteiger partial charge in [0.05, 0.1) is 10.5 Å². The summed E-state index contributed by atoms with van der Waals surface area (Å²) in [5.74, 6) is 0.0700. The molecule has 0 saturated carbocycles. The highest BCUT2D eigenvalue weighted by Gasteiger charge is 2.25. The molecule has 0 amide bonds. The van der Waals surface area contributed by atoms with Gasteiger partial charge in [-0.2, -0.15) is 0 Å². The molecule has 0 radical (unpaired) electrons. The first-order valence-electron chi connectivity index (χ1n) is 5.82. The Labute approximate surface area is 143 Å². The second kappa shape index (κ2) is 9.28. The predicted octanol–water partition coefficient (Wildman–Crippen LogP) is 3.57. The van der Waals surface area contributed by atoms with E-state index in [1.54, 1.807) is 12.1 Å². The van der Waals surface area contributed by atoms with Crippen molar-refractivity contribution in [3.63, 3.8) is 0 Å². The fourth-order valence-electron chi connectivity index (χ4n) is 2.21. The number of alkyl halides is 1. The van der Waals surface area contributed by atoms with E-state index in [-0.39, 0.29) is 30.6 Å². The summed E-state index contributed by atoms with van der Waals surface area (Å²) in [5, 5.41) is 13.7. The first-order chi connectivity index (χ1) is 8.63. The van der Waals surface area contributed by atoms with Crippen LogP contribution in [0.25, 0.3) is 0 Å². The van der Waals surface area contributed by atoms with E-state index in [1.165, 1.54) is 0 Å². The molecule has 1 heterocycles. The molecular weight excluding hydrogens is 393 g/mol. The van der Waals surface area contributed by atoms with Crippen LogP contribution < -0.4 is 5.32 Å². The predicted molar refractivity (Wildman–Crippen MR) is 88.5 cm³/mol. The Hall–Kier alpha value is 0.220. The van der Waals surface area contributed by atoms with Gasteiger partial charge in [0.15, 0.2) is 0 Å². The monoisotopic (exact) mass is 408 g/mol. The minimum absolute atomic E-state index is 0. The molecule has 0 aromatic heterocycles. The molecule has 0 spiro atoms. The molecule has 2 N–H and O–H groups in total. The lowest BCUT2D eigenvalue weighted by molar-refractivity contribution is 0.145. The topological polar surface area (TPSA) is 35.5 Å². The summed E-state index contributed by atoms with van der Waals surface area (Å²) < 4.78 is 13.8. The van der Waals surface area contributed by atoms with Crippen molar-refractivity contribution in [3.05, 3.63) is 27.2 Å². The molecule has 1 fully saturated rings. The highest BCUT2D eigenvalue weighted by atomic mass is 79.9. The minimum atomic E-state index is -0.541. The number of benzene rings is 1. The number of aromatic hydroxyl groups is 1. The van der Waals surface area contributed by atoms with Gasteiger partial charge in [0.2, 0.25) is 0 Å². The van der Waals surface area contributed by atoms with Gasteiger partial charge in [-0.15, -0.1) is 24.8 Å². The summed E-state index contributed by atoms with van der Waals surface area (Å²) in [6.07, 6.45) is 0. The lowest BCUT2D eigenvalue weighted by Gasteiger charge is -2.34. The Kier molecular flexibility index (Phi) is 9.38.